The molecule has 0 aliphatic heterocycles. The third-order valence-electron chi connectivity index (χ3n) is 13.0. The standard InChI is InChI=1S/C58H33NO3/c1-2-12-39(13-3-1)59(47-29-25-36-23-22-34-10-6-11-35-24-28-43(47)55(36)54(34)35)48-18-9-21-53-57(48)44-17-7-16-41(58(44)62-53)38-27-31-51-46(33-38)56-40(15-8-20-52(56)61-51)37-26-30-50-45(32-37)42-14-4-5-19-49(42)60-50/h1-33H. The van der Waals surface area contributed by atoms with Crippen LogP contribution < -0.4 is 4.90 Å². The first-order valence-electron chi connectivity index (χ1n) is 21.1. The second-order valence-electron chi connectivity index (χ2n) is 16.3. The second-order valence-corrected chi connectivity index (χ2v) is 16.3. The van der Waals surface area contributed by atoms with Crippen LogP contribution in [0.3, 0.4) is 0 Å². The molecule has 0 bridgehead atoms. The van der Waals surface area contributed by atoms with Crippen molar-refractivity contribution in [2.45, 2.75) is 0 Å². The first-order valence-corrected chi connectivity index (χ1v) is 21.1. The van der Waals surface area contributed by atoms with Gasteiger partial charge in [-0.25, -0.2) is 0 Å². The molecule has 14 rings (SSSR count). The zero-order chi connectivity index (χ0) is 40.5. The number of hydrogen-bond acceptors (Lipinski definition) is 4. The quantitative estimate of drug-likeness (QED) is 0.163. The molecule has 62 heavy (non-hydrogen) atoms. The van der Waals surface area contributed by atoms with Crippen molar-refractivity contribution in [3.05, 3.63) is 200 Å². The van der Waals surface area contributed by atoms with Gasteiger partial charge in [-0.05, 0) is 110 Å². The van der Waals surface area contributed by atoms with Crippen LogP contribution in [0.5, 0.6) is 0 Å². The Bertz CT molecular complexity index is 4100. The molecule has 0 unspecified atom stereocenters. The van der Waals surface area contributed by atoms with E-state index in [9.17, 15) is 0 Å². The number of furan rings is 3. The van der Waals surface area contributed by atoms with Crippen LogP contribution >= 0.6 is 0 Å². The van der Waals surface area contributed by atoms with Gasteiger partial charge in [-0.3, -0.25) is 0 Å². The molecule has 3 heterocycles. The van der Waals surface area contributed by atoms with Crippen LogP contribution in [0.2, 0.25) is 0 Å². The highest BCUT2D eigenvalue weighted by atomic mass is 16.3. The van der Waals surface area contributed by atoms with Crippen molar-refractivity contribution in [1.29, 1.82) is 0 Å². The van der Waals surface area contributed by atoms with Gasteiger partial charge in [-0.15, -0.1) is 0 Å². The Kier molecular flexibility index (Phi) is 6.80. The average Bonchev–Trinajstić information content (AvgIpc) is 4.03. The maximum Gasteiger partial charge on any atom is 0.143 e. The van der Waals surface area contributed by atoms with Crippen LogP contribution in [-0.2, 0) is 0 Å². The zero-order valence-corrected chi connectivity index (χ0v) is 33.2. The zero-order valence-electron chi connectivity index (χ0n) is 33.2. The maximum atomic E-state index is 6.96. The SMILES string of the molecule is c1ccc(N(c2ccc3ccc4cccc5ccc2c3c45)c2cccc3oc4c(-c5ccc6oc7cccc(-c8ccc9oc%10ccccc%10c9c8)c7c6c5)cccc4c23)cc1. The predicted octanol–water partition coefficient (Wildman–Crippen LogP) is 17.1. The van der Waals surface area contributed by atoms with Gasteiger partial charge in [-0.2, -0.15) is 0 Å². The van der Waals surface area contributed by atoms with E-state index in [0.29, 0.717) is 0 Å². The lowest BCUT2D eigenvalue weighted by Crippen LogP contribution is -2.11. The van der Waals surface area contributed by atoms with Crippen molar-refractivity contribution in [3.63, 3.8) is 0 Å². The summed E-state index contributed by atoms with van der Waals surface area (Å²) < 4.78 is 19.7. The Labute approximate surface area is 354 Å². The summed E-state index contributed by atoms with van der Waals surface area (Å²) in [5, 5.41) is 14.0. The van der Waals surface area contributed by atoms with Gasteiger partial charge >= 0.3 is 0 Å². The molecule has 0 atom stereocenters. The number of fused-ring (bicyclic) bond motifs is 9. The Balaban J connectivity index is 0.966. The maximum absolute atomic E-state index is 6.96. The number of benzene rings is 11. The molecule has 0 saturated carbocycles. The summed E-state index contributed by atoms with van der Waals surface area (Å²) in [6.07, 6.45) is 0. The molecule has 3 aromatic heterocycles. The first kappa shape index (κ1) is 33.5. The van der Waals surface area contributed by atoms with E-state index in [-0.39, 0.29) is 0 Å². The number of anilines is 3. The van der Waals surface area contributed by atoms with Gasteiger partial charge < -0.3 is 18.2 Å². The predicted molar refractivity (Wildman–Crippen MR) is 258 cm³/mol. The van der Waals surface area contributed by atoms with Crippen molar-refractivity contribution in [3.8, 4) is 22.3 Å². The monoisotopic (exact) mass is 791 g/mol. The van der Waals surface area contributed by atoms with E-state index in [0.717, 1.165) is 105 Å². The highest BCUT2D eigenvalue weighted by molar-refractivity contribution is 6.27. The Morgan fingerprint density at radius 3 is 1.76 bits per heavy atom. The molecular weight excluding hydrogens is 759 g/mol. The van der Waals surface area contributed by atoms with E-state index >= 15 is 0 Å². The summed E-state index contributed by atoms with van der Waals surface area (Å²) in [5.41, 5.74) is 12.7. The van der Waals surface area contributed by atoms with Gasteiger partial charge in [0.2, 0.25) is 0 Å². The van der Waals surface area contributed by atoms with Crippen LogP contribution in [0.4, 0.5) is 17.1 Å². The fourth-order valence-electron chi connectivity index (χ4n) is 10.3. The molecule has 0 saturated heterocycles. The van der Waals surface area contributed by atoms with Crippen LogP contribution in [0.1, 0.15) is 0 Å². The second kappa shape index (κ2) is 12.6. The minimum Gasteiger partial charge on any atom is -0.456 e. The molecule has 0 aliphatic rings. The van der Waals surface area contributed by atoms with Gasteiger partial charge in [0.15, 0.2) is 0 Å². The van der Waals surface area contributed by atoms with Crippen molar-refractivity contribution in [2.24, 2.45) is 0 Å². The summed E-state index contributed by atoms with van der Waals surface area (Å²) in [4.78, 5) is 2.41. The number of rotatable bonds is 5. The molecule has 0 fully saturated rings. The minimum absolute atomic E-state index is 0.836. The van der Waals surface area contributed by atoms with Gasteiger partial charge in [0.1, 0.15) is 33.5 Å². The lowest BCUT2D eigenvalue weighted by molar-refractivity contribution is 0.668. The van der Waals surface area contributed by atoms with Gasteiger partial charge in [0, 0.05) is 43.6 Å². The van der Waals surface area contributed by atoms with Crippen LogP contribution in [0.25, 0.3) is 120 Å². The summed E-state index contributed by atoms with van der Waals surface area (Å²) in [7, 11) is 0. The molecule has 4 heteroatoms. The Hall–Kier alpha value is -8.34. The van der Waals surface area contributed by atoms with Gasteiger partial charge in [-0.1, -0.05) is 133 Å². The number of para-hydroxylation sites is 3. The molecule has 0 spiro atoms. The van der Waals surface area contributed by atoms with Crippen molar-refractivity contribution in [1.82, 2.24) is 0 Å². The van der Waals surface area contributed by atoms with Crippen molar-refractivity contribution < 1.29 is 13.3 Å². The van der Waals surface area contributed by atoms with E-state index in [4.69, 9.17) is 13.3 Å². The molecule has 4 nitrogen and oxygen atoms in total. The average molecular weight is 792 g/mol. The molecule has 0 N–H and O–H groups in total. The fraction of sp³-hybridized carbons (Fsp3) is 0. The summed E-state index contributed by atoms with van der Waals surface area (Å²) in [6.45, 7) is 0. The minimum atomic E-state index is 0.836. The normalized spacial score (nSPS) is 12.2. The lowest BCUT2D eigenvalue weighted by atomic mass is 9.93. The Morgan fingerprint density at radius 2 is 0.887 bits per heavy atom. The third-order valence-corrected chi connectivity index (χ3v) is 13.0. The molecule has 0 radical (unpaired) electrons. The summed E-state index contributed by atoms with van der Waals surface area (Å²) >= 11 is 0. The number of nitrogens with zero attached hydrogens (tertiary/aromatic N) is 1. The van der Waals surface area contributed by atoms with Gasteiger partial charge in [0.25, 0.3) is 0 Å². The van der Waals surface area contributed by atoms with E-state index in [1.165, 1.54) is 32.3 Å². The van der Waals surface area contributed by atoms with Crippen molar-refractivity contribution >= 4 is 115 Å². The first-order chi connectivity index (χ1) is 30.7. The molecule has 14 aromatic rings. The topological polar surface area (TPSA) is 42.7 Å². The third kappa shape index (κ3) is 4.72. The summed E-state index contributed by atoms with van der Waals surface area (Å²) in [5.74, 6) is 0. The smallest absolute Gasteiger partial charge is 0.143 e. The van der Waals surface area contributed by atoms with E-state index in [1.54, 1.807) is 0 Å². The van der Waals surface area contributed by atoms with Crippen LogP contribution in [-0.4, -0.2) is 0 Å². The molecule has 288 valence electrons. The van der Waals surface area contributed by atoms with Crippen molar-refractivity contribution in [2.75, 3.05) is 4.90 Å². The highest BCUT2D eigenvalue weighted by Gasteiger charge is 2.24. The molecular formula is C58H33NO3. The van der Waals surface area contributed by atoms with E-state index in [1.807, 2.05) is 12.1 Å². The van der Waals surface area contributed by atoms with Crippen LogP contribution in [0, 0.1) is 0 Å². The largest absolute Gasteiger partial charge is 0.456 e. The van der Waals surface area contributed by atoms with Gasteiger partial charge in [0.05, 0.1) is 16.8 Å². The van der Waals surface area contributed by atoms with Crippen LogP contribution in [0.15, 0.2) is 213 Å². The molecule has 0 aliphatic carbocycles. The summed E-state index contributed by atoms with van der Waals surface area (Å²) in [6, 6.07) is 71.3. The number of hydrogen-bond donors (Lipinski definition) is 0. The van der Waals surface area contributed by atoms with E-state index in [2.05, 4.69) is 193 Å². The highest BCUT2D eigenvalue weighted by Crippen LogP contribution is 2.49. The molecule has 11 aromatic carbocycles. The van der Waals surface area contributed by atoms with E-state index < -0.39 is 0 Å². The molecule has 0 amide bonds. The Morgan fingerprint density at radius 1 is 0.290 bits per heavy atom. The lowest BCUT2D eigenvalue weighted by Gasteiger charge is -2.28. The fourth-order valence-corrected chi connectivity index (χ4v) is 10.3.